The Bertz CT molecular complexity index is 1150. The van der Waals surface area contributed by atoms with Gasteiger partial charge in [-0.2, -0.15) is 4.99 Å². The van der Waals surface area contributed by atoms with Crippen LogP contribution in [0.1, 0.15) is 29.1 Å². The van der Waals surface area contributed by atoms with E-state index in [9.17, 15) is 14.9 Å². The fraction of sp³-hybridized carbons (Fsp3) is 0.200. The van der Waals surface area contributed by atoms with Crippen LogP contribution in [0.4, 0.5) is 5.69 Å². The third-order valence-corrected chi connectivity index (χ3v) is 6.40. The van der Waals surface area contributed by atoms with Gasteiger partial charge in [0.05, 0.1) is 21.2 Å². The highest BCUT2D eigenvalue weighted by Crippen LogP contribution is 2.28. The Kier molecular flexibility index (Phi) is 6.66. The molecule has 0 bridgehead atoms. The second-order valence-corrected chi connectivity index (χ2v) is 8.48. The first-order chi connectivity index (χ1) is 13.8. The van der Waals surface area contributed by atoms with Crippen LogP contribution in [-0.4, -0.2) is 15.4 Å². The van der Waals surface area contributed by atoms with Crippen LogP contribution in [0.5, 0.6) is 0 Å². The van der Waals surface area contributed by atoms with E-state index in [4.69, 9.17) is 11.6 Å². The van der Waals surface area contributed by atoms with Crippen molar-refractivity contribution in [3.05, 3.63) is 77.3 Å². The number of halogens is 2. The summed E-state index contributed by atoms with van der Waals surface area (Å²) < 4.78 is 2.97. The van der Waals surface area contributed by atoms with E-state index in [-0.39, 0.29) is 16.3 Å². The van der Waals surface area contributed by atoms with Crippen LogP contribution in [0, 0.1) is 10.1 Å². The summed E-state index contributed by atoms with van der Waals surface area (Å²) in [5, 5.41) is 11.2. The molecule has 29 heavy (non-hydrogen) atoms. The van der Waals surface area contributed by atoms with E-state index in [0.717, 1.165) is 33.1 Å². The summed E-state index contributed by atoms with van der Waals surface area (Å²) in [6.45, 7) is 4.66. The summed E-state index contributed by atoms with van der Waals surface area (Å²) in [4.78, 5) is 29.1. The number of nitro groups is 1. The molecule has 9 heteroatoms. The molecule has 0 aliphatic carbocycles. The molecule has 0 spiro atoms. The molecule has 0 atom stereocenters. The highest BCUT2D eigenvalue weighted by atomic mass is 79.9. The number of carbonyl (C=O) groups is 1. The molecule has 1 aromatic heterocycles. The fourth-order valence-corrected chi connectivity index (χ4v) is 4.55. The molecular weight excluding hydrogens is 478 g/mol. The van der Waals surface area contributed by atoms with Crippen molar-refractivity contribution >= 4 is 50.5 Å². The second kappa shape index (κ2) is 9.02. The van der Waals surface area contributed by atoms with Gasteiger partial charge < -0.3 is 4.57 Å². The van der Waals surface area contributed by atoms with Crippen molar-refractivity contribution in [2.45, 2.75) is 26.8 Å². The largest absolute Gasteiger partial charge is 0.316 e. The van der Waals surface area contributed by atoms with E-state index in [0.29, 0.717) is 11.3 Å². The number of hydrogen-bond acceptors (Lipinski definition) is 4. The maximum atomic E-state index is 12.8. The van der Waals surface area contributed by atoms with Crippen LogP contribution in [0.3, 0.4) is 0 Å². The van der Waals surface area contributed by atoms with Crippen LogP contribution >= 0.6 is 38.9 Å². The van der Waals surface area contributed by atoms with Gasteiger partial charge in [0.15, 0.2) is 4.80 Å². The van der Waals surface area contributed by atoms with Gasteiger partial charge in [-0.15, -0.1) is 11.3 Å². The molecule has 2 aromatic carbocycles. The summed E-state index contributed by atoms with van der Waals surface area (Å²) >= 11 is 11.0. The predicted molar refractivity (Wildman–Crippen MR) is 118 cm³/mol. The third-order valence-electron chi connectivity index (χ3n) is 4.32. The van der Waals surface area contributed by atoms with Gasteiger partial charge in [-0.1, -0.05) is 46.6 Å². The van der Waals surface area contributed by atoms with Crippen LogP contribution in [0.2, 0.25) is 5.02 Å². The number of amides is 1. The summed E-state index contributed by atoms with van der Waals surface area (Å²) in [7, 11) is 0. The zero-order chi connectivity index (χ0) is 21.1. The van der Waals surface area contributed by atoms with Crippen molar-refractivity contribution in [1.29, 1.82) is 0 Å². The van der Waals surface area contributed by atoms with Crippen molar-refractivity contribution in [2.24, 2.45) is 4.99 Å². The standard InChI is InChI=1S/C20H17BrClN3O3S/c1-3-17-18(12-5-7-13(21)8-6-12)24(4-2)20(29-17)23-19(26)15-11-14(25(27)28)9-10-16(15)22/h5-11H,3-4H2,1-2H3. The molecule has 0 aliphatic heterocycles. The first-order valence-corrected chi connectivity index (χ1v) is 10.9. The van der Waals surface area contributed by atoms with Crippen molar-refractivity contribution in [3.63, 3.8) is 0 Å². The third kappa shape index (κ3) is 4.49. The second-order valence-electron chi connectivity index (χ2n) is 6.10. The van der Waals surface area contributed by atoms with Crippen LogP contribution < -0.4 is 4.80 Å². The molecule has 0 N–H and O–H groups in total. The number of rotatable bonds is 5. The molecule has 0 unspecified atom stereocenters. The minimum Gasteiger partial charge on any atom is -0.316 e. The number of non-ortho nitro benzene ring substituents is 1. The minimum absolute atomic E-state index is 0.0140. The zero-order valence-corrected chi connectivity index (χ0v) is 18.8. The van der Waals surface area contributed by atoms with Gasteiger partial charge in [0.1, 0.15) is 0 Å². The lowest BCUT2D eigenvalue weighted by Gasteiger charge is -2.08. The van der Waals surface area contributed by atoms with Gasteiger partial charge in [-0.3, -0.25) is 14.9 Å². The Morgan fingerprint density at radius 3 is 2.52 bits per heavy atom. The van der Waals surface area contributed by atoms with Gasteiger partial charge in [-0.25, -0.2) is 0 Å². The lowest BCUT2D eigenvalue weighted by Crippen LogP contribution is -2.17. The molecule has 0 fully saturated rings. The van der Waals surface area contributed by atoms with Crippen LogP contribution in [0.25, 0.3) is 11.3 Å². The number of aryl methyl sites for hydroxylation is 1. The molecular formula is C20H17BrClN3O3S. The number of thiazole rings is 1. The highest BCUT2D eigenvalue weighted by Gasteiger charge is 2.18. The molecule has 3 rings (SSSR count). The molecule has 0 saturated heterocycles. The average Bonchev–Trinajstić information content (AvgIpc) is 3.05. The lowest BCUT2D eigenvalue weighted by atomic mass is 10.1. The molecule has 3 aromatic rings. The molecule has 0 radical (unpaired) electrons. The smallest absolute Gasteiger partial charge is 0.281 e. The fourth-order valence-electron chi connectivity index (χ4n) is 2.94. The SMILES string of the molecule is CCc1sc(=NC(=O)c2cc([N+](=O)[O-])ccc2Cl)n(CC)c1-c1ccc(Br)cc1. The van der Waals surface area contributed by atoms with Gasteiger partial charge in [0, 0.05) is 28.0 Å². The minimum atomic E-state index is -0.604. The maximum absolute atomic E-state index is 12.8. The molecule has 6 nitrogen and oxygen atoms in total. The Morgan fingerprint density at radius 2 is 1.93 bits per heavy atom. The topological polar surface area (TPSA) is 77.5 Å². The first kappa shape index (κ1) is 21.4. The zero-order valence-electron chi connectivity index (χ0n) is 15.7. The lowest BCUT2D eigenvalue weighted by molar-refractivity contribution is -0.384. The van der Waals surface area contributed by atoms with Gasteiger partial charge >= 0.3 is 0 Å². The van der Waals surface area contributed by atoms with Crippen LogP contribution in [0.15, 0.2) is 51.9 Å². The summed E-state index contributed by atoms with van der Waals surface area (Å²) in [5.41, 5.74) is 1.86. The van der Waals surface area contributed by atoms with Gasteiger partial charge in [-0.05, 0) is 37.1 Å². The van der Waals surface area contributed by atoms with Gasteiger partial charge in [0.2, 0.25) is 0 Å². The quantitative estimate of drug-likeness (QED) is 0.329. The van der Waals surface area contributed by atoms with Crippen molar-refractivity contribution in [2.75, 3.05) is 0 Å². The Hall–Kier alpha value is -2.29. The number of carbonyl (C=O) groups excluding carboxylic acids is 1. The number of hydrogen-bond donors (Lipinski definition) is 0. The average molecular weight is 495 g/mol. The van der Waals surface area contributed by atoms with Crippen LogP contribution in [-0.2, 0) is 13.0 Å². The Balaban J connectivity index is 2.15. The van der Waals surface area contributed by atoms with E-state index in [1.54, 1.807) is 0 Å². The predicted octanol–water partition coefficient (Wildman–Crippen LogP) is 5.86. The van der Waals surface area contributed by atoms with E-state index in [1.807, 2.05) is 35.8 Å². The number of benzene rings is 2. The van der Waals surface area contributed by atoms with E-state index >= 15 is 0 Å². The summed E-state index contributed by atoms with van der Waals surface area (Å²) in [5.74, 6) is -0.604. The molecule has 0 aliphatic rings. The summed E-state index contributed by atoms with van der Waals surface area (Å²) in [6.07, 6.45) is 0.789. The van der Waals surface area contributed by atoms with Crippen molar-refractivity contribution < 1.29 is 9.72 Å². The number of nitro benzene ring substituents is 1. The van der Waals surface area contributed by atoms with E-state index in [2.05, 4.69) is 27.8 Å². The first-order valence-electron chi connectivity index (χ1n) is 8.87. The van der Waals surface area contributed by atoms with Gasteiger partial charge in [0.25, 0.3) is 11.6 Å². The highest BCUT2D eigenvalue weighted by molar-refractivity contribution is 9.10. The Labute approximate surface area is 184 Å². The van der Waals surface area contributed by atoms with E-state index in [1.165, 1.54) is 23.5 Å². The number of nitrogens with zero attached hydrogens (tertiary/aromatic N) is 3. The van der Waals surface area contributed by atoms with E-state index < -0.39 is 10.8 Å². The molecule has 150 valence electrons. The molecule has 0 saturated carbocycles. The maximum Gasteiger partial charge on any atom is 0.281 e. The normalized spacial score (nSPS) is 11.7. The Morgan fingerprint density at radius 1 is 1.24 bits per heavy atom. The van der Waals surface area contributed by atoms with Crippen molar-refractivity contribution in [3.8, 4) is 11.3 Å². The monoisotopic (exact) mass is 493 g/mol. The molecule has 1 heterocycles. The van der Waals surface area contributed by atoms with Crippen molar-refractivity contribution in [1.82, 2.24) is 4.57 Å². The summed E-state index contributed by atoms with van der Waals surface area (Å²) in [6, 6.07) is 11.7. The number of aromatic nitrogens is 1. The molecule has 1 amide bonds.